The van der Waals surface area contributed by atoms with Crippen LogP contribution in [0.25, 0.3) is 0 Å². The molecule has 0 aromatic heterocycles. The first-order valence-corrected chi connectivity index (χ1v) is 7.14. The van der Waals surface area contributed by atoms with Gasteiger partial charge in [0.2, 0.25) is 0 Å². The molecule has 0 N–H and O–H groups in total. The van der Waals surface area contributed by atoms with E-state index in [1.807, 2.05) is 30.3 Å². The van der Waals surface area contributed by atoms with Gasteiger partial charge in [0, 0.05) is 6.42 Å². The summed E-state index contributed by atoms with van der Waals surface area (Å²) in [6.07, 6.45) is 2.38. The summed E-state index contributed by atoms with van der Waals surface area (Å²) in [7, 11) is -3.62. The molecule has 0 amide bonds. The second-order valence-electron chi connectivity index (χ2n) is 4.34. The zero-order valence-corrected chi connectivity index (χ0v) is 10.3. The van der Waals surface area contributed by atoms with Gasteiger partial charge < -0.3 is 0 Å². The SMILES string of the molecule is CS(=O)(=O)OC1(C#N)CCc2ccccc2C1. The molecule has 2 rings (SSSR count). The first-order chi connectivity index (χ1) is 7.94. The van der Waals surface area contributed by atoms with Crippen LogP contribution in [0, 0.1) is 11.3 Å². The Morgan fingerprint density at radius 1 is 1.35 bits per heavy atom. The molecule has 1 atom stereocenters. The monoisotopic (exact) mass is 251 g/mol. The third kappa shape index (κ3) is 2.65. The van der Waals surface area contributed by atoms with Crippen LogP contribution in [-0.2, 0) is 27.1 Å². The highest BCUT2D eigenvalue weighted by Crippen LogP contribution is 2.32. The van der Waals surface area contributed by atoms with Gasteiger partial charge in [-0.05, 0) is 24.0 Å². The summed E-state index contributed by atoms with van der Waals surface area (Å²) in [6.45, 7) is 0. The largest absolute Gasteiger partial charge is 0.265 e. The number of aryl methyl sites for hydroxylation is 1. The van der Waals surface area contributed by atoms with Gasteiger partial charge in [-0.15, -0.1) is 0 Å². The van der Waals surface area contributed by atoms with Gasteiger partial charge >= 0.3 is 0 Å². The maximum Gasteiger partial charge on any atom is 0.265 e. The molecule has 0 fully saturated rings. The Bertz CT molecular complexity index is 574. The topological polar surface area (TPSA) is 67.2 Å². The molecule has 0 bridgehead atoms. The molecule has 0 saturated carbocycles. The standard InChI is InChI=1S/C12H13NO3S/c1-17(14,15)16-12(9-13)7-6-10-4-2-3-5-11(10)8-12/h2-5H,6-8H2,1H3. The number of rotatable bonds is 2. The molecule has 5 heteroatoms. The summed E-state index contributed by atoms with van der Waals surface area (Å²) in [5.74, 6) is 0. The number of benzene rings is 1. The Morgan fingerprint density at radius 2 is 2.00 bits per heavy atom. The van der Waals surface area contributed by atoms with Crippen LogP contribution in [0.3, 0.4) is 0 Å². The highest BCUT2D eigenvalue weighted by molar-refractivity contribution is 7.86. The molecule has 1 aliphatic rings. The summed E-state index contributed by atoms with van der Waals surface area (Å²) in [4.78, 5) is 0. The Hall–Kier alpha value is -1.38. The Morgan fingerprint density at radius 3 is 2.59 bits per heavy atom. The molecule has 0 saturated heterocycles. The van der Waals surface area contributed by atoms with Crippen molar-refractivity contribution in [2.24, 2.45) is 0 Å². The molecule has 0 radical (unpaired) electrons. The van der Waals surface area contributed by atoms with E-state index in [2.05, 4.69) is 0 Å². The molecular weight excluding hydrogens is 238 g/mol. The van der Waals surface area contributed by atoms with Gasteiger partial charge in [0.15, 0.2) is 5.60 Å². The first kappa shape index (κ1) is 12.1. The maximum absolute atomic E-state index is 11.2. The van der Waals surface area contributed by atoms with E-state index in [0.29, 0.717) is 19.3 Å². The molecular formula is C12H13NO3S. The fourth-order valence-electron chi connectivity index (χ4n) is 2.18. The highest BCUT2D eigenvalue weighted by Gasteiger charge is 2.38. The molecule has 1 aromatic carbocycles. The second kappa shape index (κ2) is 4.13. The van der Waals surface area contributed by atoms with E-state index >= 15 is 0 Å². The predicted octanol–water partition coefficient (Wildman–Crippen LogP) is 1.41. The fourth-order valence-corrected chi connectivity index (χ4v) is 2.94. The van der Waals surface area contributed by atoms with Crippen molar-refractivity contribution in [2.75, 3.05) is 6.26 Å². The van der Waals surface area contributed by atoms with Gasteiger partial charge in [0.1, 0.15) is 0 Å². The van der Waals surface area contributed by atoms with E-state index in [1.165, 1.54) is 0 Å². The van der Waals surface area contributed by atoms with E-state index in [-0.39, 0.29) is 0 Å². The zero-order chi connectivity index (χ0) is 12.5. The van der Waals surface area contributed by atoms with Gasteiger partial charge in [0.25, 0.3) is 10.1 Å². The van der Waals surface area contributed by atoms with E-state index in [4.69, 9.17) is 4.18 Å². The van der Waals surface area contributed by atoms with Gasteiger partial charge in [0.05, 0.1) is 12.3 Å². The normalized spacial score (nSPS) is 23.8. The van der Waals surface area contributed by atoms with Crippen molar-refractivity contribution in [3.05, 3.63) is 35.4 Å². The van der Waals surface area contributed by atoms with Crippen LogP contribution in [0.1, 0.15) is 17.5 Å². The number of nitrogens with zero attached hydrogens (tertiary/aromatic N) is 1. The number of hydrogen-bond donors (Lipinski definition) is 0. The lowest BCUT2D eigenvalue weighted by Gasteiger charge is -2.30. The van der Waals surface area contributed by atoms with E-state index in [9.17, 15) is 13.7 Å². The van der Waals surface area contributed by atoms with Crippen molar-refractivity contribution in [3.8, 4) is 6.07 Å². The van der Waals surface area contributed by atoms with Crippen molar-refractivity contribution >= 4 is 10.1 Å². The van der Waals surface area contributed by atoms with Crippen LogP contribution in [0.15, 0.2) is 24.3 Å². The summed E-state index contributed by atoms with van der Waals surface area (Å²) in [5.41, 5.74) is 0.918. The number of nitriles is 1. The molecule has 0 spiro atoms. The van der Waals surface area contributed by atoms with Crippen molar-refractivity contribution in [2.45, 2.75) is 24.9 Å². The van der Waals surface area contributed by atoms with Gasteiger partial charge in [-0.3, -0.25) is 0 Å². The van der Waals surface area contributed by atoms with E-state index in [1.54, 1.807) is 0 Å². The summed E-state index contributed by atoms with van der Waals surface area (Å²) in [6, 6.07) is 9.74. The third-order valence-electron chi connectivity index (χ3n) is 2.91. The van der Waals surface area contributed by atoms with Crippen molar-refractivity contribution in [1.82, 2.24) is 0 Å². The van der Waals surface area contributed by atoms with Gasteiger partial charge in [-0.1, -0.05) is 24.3 Å². The summed E-state index contributed by atoms with van der Waals surface area (Å²) >= 11 is 0. The molecule has 17 heavy (non-hydrogen) atoms. The molecule has 0 aliphatic heterocycles. The second-order valence-corrected chi connectivity index (χ2v) is 5.91. The number of fused-ring (bicyclic) bond motifs is 1. The average molecular weight is 251 g/mol. The molecule has 0 heterocycles. The van der Waals surface area contributed by atoms with Crippen LogP contribution in [0.5, 0.6) is 0 Å². The lowest BCUT2D eigenvalue weighted by atomic mass is 9.81. The minimum absolute atomic E-state index is 0.326. The molecule has 1 unspecified atom stereocenters. The molecule has 90 valence electrons. The Labute approximate surface area is 101 Å². The van der Waals surface area contributed by atoms with Crippen molar-refractivity contribution in [1.29, 1.82) is 5.26 Å². The van der Waals surface area contributed by atoms with Crippen molar-refractivity contribution in [3.63, 3.8) is 0 Å². The Kier molecular flexibility index (Phi) is 2.94. The van der Waals surface area contributed by atoms with Gasteiger partial charge in [-0.25, -0.2) is 4.18 Å². The van der Waals surface area contributed by atoms with Crippen LogP contribution >= 0.6 is 0 Å². The van der Waals surface area contributed by atoms with Crippen molar-refractivity contribution < 1.29 is 12.6 Å². The maximum atomic E-state index is 11.2. The van der Waals surface area contributed by atoms with Gasteiger partial charge in [-0.2, -0.15) is 13.7 Å². The lowest BCUT2D eigenvalue weighted by Crippen LogP contribution is -2.39. The summed E-state index contributed by atoms with van der Waals surface area (Å²) in [5, 5.41) is 9.19. The van der Waals surface area contributed by atoms with Crippen LogP contribution < -0.4 is 0 Å². The van der Waals surface area contributed by atoms with Crippen LogP contribution in [-0.4, -0.2) is 20.3 Å². The van der Waals surface area contributed by atoms with Crippen LogP contribution in [0.2, 0.25) is 0 Å². The average Bonchev–Trinajstić information content (AvgIpc) is 2.27. The number of hydrogen-bond acceptors (Lipinski definition) is 4. The van der Waals surface area contributed by atoms with E-state index in [0.717, 1.165) is 17.4 Å². The highest BCUT2D eigenvalue weighted by atomic mass is 32.2. The molecule has 1 aromatic rings. The smallest absolute Gasteiger partial charge is 0.248 e. The third-order valence-corrected chi connectivity index (χ3v) is 3.53. The first-order valence-electron chi connectivity index (χ1n) is 5.33. The Balaban J connectivity index is 2.34. The quantitative estimate of drug-likeness (QED) is 0.745. The fraction of sp³-hybridized carbons (Fsp3) is 0.417. The summed E-state index contributed by atoms with van der Waals surface area (Å²) < 4.78 is 27.4. The minimum atomic E-state index is -3.62. The predicted molar refractivity (Wildman–Crippen MR) is 62.7 cm³/mol. The van der Waals surface area contributed by atoms with Crippen LogP contribution in [0.4, 0.5) is 0 Å². The zero-order valence-electron chi connectivity index (χ0n) is 9.51. The lowest BCUT2D eigenvalue weighted by molar-refractivity contribution is 0.121. The minimum Gasteiger partial charge on any atom is -0.248 e. The molecule has 1 aliphatic carbocycles. The van der Waals surface area contributed by atoms with E-state index < -0.39 is 15.7 Å². The molecule has 4 nitrogen and oxygen atoms in total.